The fourth-order valence-corrected chi connectivity index (χ4v) is 6.25. The molecule has 4 rings (SSSR count). The molecule has 4 heteroatoms. The van der Waals surface area contributed by atoms with Gasteiger partial charge in [0.2, 0.25) is 5.91 Å². The fraction of sp³-hybridized carbons (Fsp3) is 0.737. The van der Waals surface area contributed by atoms with Gasteiger partial charge in [-0.2, -0.15) is 0 Å². The van der Waals surface area contributed by atoms with Gasteiger partial charge >= 0.3 is 0 Å². The van der Waals surface area contributed by atoms with Crippen LogP contribution < -0.4 is 5.73 Å². The maximum Gasteiger partial charge on any atom is 0.226 e. The number of nitrogens with zero attached hydrogens (tertiary/aromatic N) is 1. The Morgan fingerprint density at radius 3 is 2.78 bits per heavy atom. The number of hydrogen-bond donors (Lipinski definition) is 1. The lowest BCUT2D eigenvalue weighted by molar-refractivity contribution is -0.141. The quantitative estimate of drug-likeness (QED) is 0.897. The lowest BCUT2D eigenvalue weighted by Gasteiger charge is -2.46. The first-order chi connectivity index (χ1) is 11.2. The highest BCUT2D eigenvalue weighted by atomic mass is 32.1. The second kappa shape index (κ2) is 6.21. The molecule has 1 aliphatic heterocycles. The lowest BCUT2D eigenvalue weighted by atomic mass is 9.64. The number of carbonyl (C=O) groups excluding carboxylic acids is 1. The summed E-state index contributed by atoms with van der Waals surface area (Å²) in [7, 11) is 0. The van der Waals surface area contributed by atoms with E-state index in [1.807, 2.05) is 11.3 Å². The maximum absolute atomic E-state index is 13.3. The number of fused-ring (bicyclic) bond motifs is 3. The molecule has 0 spiro atoms. The third-order valence-corrected chi connectivity index (χ3v) is 7.52. The molecule has 2 fully saturated rings. The van der Waals surface area contributed by atoms with Gasteiger partial charge in [0.1, 0.15) is 0 Å². The summed E-state index contributed by atoms with van der Waals surface area (Å²) in [5.41, 5.74) is 7.81. The predicted octanol–water partition coefficient (Wildman–Crippen LogP) is 3.74. The summed E-state index contributed by atoms with van der Waals surface area (Å²) >= 11 is 1.85. The van der Waals surface area contributed by atoms with E-state index in [1.54, 1.807) is 0 Å². The molecule has 2 bridgehead atoms. The largest absolute Gasteiger partial charge is 0.335 e. The molecule has 2 aliphatic carbocycles. The van der Waals surface area contributed by atoms with E-state index in [-0.39, 0.29) is 5.92 Å². The zero-order chi connectivity index (χ0) is 16.0. The van der Waals surface area contributed by atoms with Crippen LogP contribution in [0.2, 0.25) is 0 Å². The molecular formula is C19H28N2OS. The highest BCUT2D eigenvalue weighted by Crippen LogP contribution is 2.44. The number of amides is 1. The van der Waals surface area contributed by atoms with Gasteiger partial charge < -0.3 is 10.6 Å². The van der Waals surface area contributed by atoms with E-state index >= 15 is 0 Å². The molecule has 1 aromatic rings. The summed E-state index contributed by atoms with van der Waals surface area (Å²) in [6.45, 7) is 3.12. The van der Waals surface area contributed by atoms with Crippen molar-refractivity contribution in [1.29, 1.82) is 0 Å². The SMILES string of the molecule is CCC1c2ccsc2CCN1C(=O)C1CC2CCCC(C1)C2N. The van der Waals surface area contributed by atoms with Crippen molar-refractivity contribution in [3.05, 3.63) is 21.9 Å². The minimum Gasteiger partial charge on any atom is -0.335 e. The van der Waals surface area contributed by atoms with E-state index < -0.39 is 0 Å². The first-order valence-corrected chi connectivity index (χ1v) is 10.2. The number of carbonyl (C=O) groups is 1. The molecule has 3 nitrogen and oxygen atoms in total. The van der Waals surface area contributed by atoms with Crippen molar-refractivity contribution in [3.63, 3.8) is 0 Å². The van der Waals surface area contributed by atoms with Crippen molar-refractivity contribution in [2.75, 3.05) is 6.54 Å². The molecule has 1 amide bonds. The Kier molecular flexibility index (Phi) is 4.22. The molecule has 1 aromatic heterocycles. The Balaban J connectivity index is 1.53. The van der Waals surface area contributed by atoms with Crippen molar-refractivity contribution in [2.24, 2.45) is 23.5 Å². The van der Waals surface area contributed by atoms with E-state index in [0.717, 1.165) is 32.2 Å². The van der Waals surface area contributed by atoms with Crippen LogP contribution in [0.4, 0.5) is 0 Å². The van der Waals surface area contributed by atoms with Gasteiger partial charge in [-0.05, 0) is 67.4 Å². The molecule has 3 atom stereocenters. The molecule has 3 unspecified atom stereocenters. The van der Waals surface area contributed by atoms with Crippen molar-refractivity contribution in [1.82, 2.24) is 4.90 Å². The normalized spacial score (nSPS) is 36.6. The summed E-state index contributed by atoms with van der Waals surface area (Å²) in [4.78, 5) is 17.0. The summed E-state index contributed by atoms with van der Waals surface area (Å²) in [6.07, 6.45) is 7.88. The standard InChI is InChI=1S/C19H28N2OS/c1-2-16-15-7-9-23-17(15)6-8-21(16)19(22)14-10-12-4-3-5-13(11-14)18(12)20/h7,9,12-14,16,18H,2-6,8,10-11,20H2,1H3. The molecule has 0 aromatic carbocycles. The molecule has 2 N–H and O–H groups in total. The monoisotopic (exact) mass is 332 g/mol. The molecule has 2 saturated carbocycles. The molecule has 3 aliphatic rings. The van der Waals surface area contributed by atoms with Gasteiger partial charge in [-0.25, -0.2) is 0 Å². The van der Waals surface area contributed by atoms with Crippen LogP contribution in [0.25, 0.3) is 0 Å². The van der Waals surface area contributed by atoms with Gasteiger partial charge in [-0.15, -0.1) is 11.3 Å². The van der Waals surface area contributed by atoms with Gasteiger partial charge in [-0.1, -0.05) is 13.3 Å². The third kappa shape index (κ3) is 2.64. The zero-order valence-electron chi connectivity index (χ0n) is 14.0. The Bertz CT molecular complexity index is 570. The average Bonchev–Trinajstić information content (AvgIpc) is 3.01. The van der Waals surface area contributed by atoms with Crippen LogP contribution in [0.15, 0.2) is 11.4 Å². The molecule has 2 heterocycles. The summed E-state index contributed by atoms with van der Waals surface area (Å²) < 4.78 is 0. The first-order valence-electron chi connectivity index (χ1n) is 9.31. The lowest BCUT2D eigenvalue weighted by Crippen LogP contribution is -2.51. The van der Waals surface area contributed by atoms with Crippen LogP contribution in [-0.4, -0.2) is 23.4 Å². The number of thiophene rings is 1. The predicted molar refractivity (Wildman–Crippen MR) is 94.3 cm³/mol. The number of hydrogen-bond acceptors (Lipinski definition) is 3. The van der Waals surface area contributed by atoms with E-state index in [2.05, 4.69) is 23.3 Å². The minimum atomic E-state index is 0.222. The van der Waals surface area contributed by atoms with Crippen molar-refractivity contribution < 1.29 is 4.79 Å². The van der Waals surface area contributed by atoms with E-state index in [0.29, 0.717) is 29.8 Å². The molecule has 0 radical (unpaired) electrons. The topological polar surface area (TPSA) is 46.3 Å². The second-order valence-electron chi connectivity index (χ2n) is 7.70. The van der Waals surface area contributed by atoms with Gasteiger partial charge in [-0.3, -0.25) is 4.79 Å². The van der Waals surface area contributed by atoms with Crippen LogP contribution in [0.1, 0.15) is 61.9 Å². The second-order valence-corrected chi connectivity index (χ2v) is 8.70. The Hall–Kier alpha value is -0.870. The minimum absolute atomic E-state index is 0.222. The zero-order valence-corrected chi connectivity index (χ0v) is 14.9. The van der Waals surface area contributed by atoms with Crippen LogP contribution in [-0.2, 0) is 11.2 Å². The highest BCUT2D eigenvalue weighted by Gasteiger charge is 2.43. The summed E-state index contributed by atoms with van der Waals surface area (Å²) in [5, 5.41) is 2.19. The molecule has 126 valence electrons. The Morgan fingerprint density at radius 1 is 1.35 bits per heavy atom. The van der Waals surface area contributed by atoms with E-state index in [9.17, 15) is 4.79 Å². The van der Waals surface area contributed by atoms with Crippen molar-refractivity contribution >= 4 is 17.2 Å². The third-order valence-electron chi connectivity index (χ3n) is 6.53. The Labute approximate surface area is 143 Å². The van der Waals surface area contributed by atoms with Gasteiger partial charge in [0, 0.05) is 23.4 Å². The summed E-state index contributed by atoms with van der Waals surface area (Å²) in [6, 6.07) is 2.88. The number of rotatable bonds is 2. The van der Waals surface area contributed by atoms with Crippen LogP contribution in [0, 0.1) is 17.8 Å². The van der Waals surface area contributed by atoms with Crippen molar-refractivity contribution in [2.45, 2.75) is 64.0 Å². The van der Waals surface area contributed by atoms with Crippen LogP contribution in [0.3, 0.4) is 0 Å². The fourth-order valence-electron chi connectivity index (χ4n) is 5.33. The van der Waals surface area contributed by atoms with Gasteiger partial charge in [0.05, 0.1) is 6.04 Å². The van der Waals surface area contributed by atoms with Crippen LogP contribution in [0.5, 0.6) is 0 Å². The highest BCUT2D eigenvalue weighted by molar-refractivity contribution is 7.10. The van der Waals surface area contributed by atoms with Crippen molar-refractivity contribution in [3.8, 4) is 0 Å². The maximum atomic E-state index is 13.3. The molecular weight excluding hydrogens is 304 g/mol. The molecule has 0 saturated heterocycles. The number of nitrogens with two attached hydrogens (primary N) is 1. The van der Waals surface area contributed by atoms with Gasteiger partial charge in [0.15, 0.2) is 0 Å². The average molecular weight is 333 g/mol. The van der Waals surface area contributed by atoms with Crippen LogP contribution >= 0.6 is 11.3 Å². The van der Waals surface area contributed by atoms with E-state index in [4.69, 9.17) is 5.73 Å². The van der Waals surface area contributed by atoms with E-state index in [1.165, 1.54) is 29.7 Å². The first kappa shape index (κ1) is 15.6. The molecule has 23 heavy (non-hydrogen) atoms. The van der Waals surface area contributed by atoms with Gasteiger partial charge in [0.25, 0.3) is 0 Å². The summed E-state index contributed by atoms with van der Waals surface area (Å²) in [5.74, 6) is 1.80. The Morgan fingerprint density at radius 2 is 2.09 bits per heavy atom. The smallest absolute Gasteiger partial charge is 0.226 e.